The molecule has 2 aromatic heterocycles. The second-order valence-corrected chi connectivity index (χ2v) is 13.0. The minimum Gasteiger partial charge on any atom is -0.508 e. The molecule has 4 aromatic rings. The van der Waals surface area contributed by atoms with Crippen molar-refractivity contribution in [1.82, 2.24) is 25.2 Å². The van der Waals surface area contributed by atoms with Crippen LogP contribution in [0.25, 0.3) is 33.1 Å². The fourth-order valence-electron chi connectivity index (χ4n) is 7.35. The zero-order chi connectivity index (χ0) is 28.4. The van der Waals surface area contributed by atoms with Crippen molar-refractivity contribution < 1.29 is 14.2 Å². The number of nitrogens with one attached hydrogen (secondary N) is 1. The number of aryl methyl sites for hydroxylation is 1. The van der Waals surface area contributed by atoms with E-state index in [0.29, 0.717) is 43.3 Å². The Bertz CT molecular complexity index is 1660. The number of nitrogens with zero attached hydrogens (tertiary/aromatic N) is 5. The van der Waals surface area contributed by atoms with Gasteiger partial charge in [-0.3, -0.25) is 4.90 Å². The predicted molar refractivity (Wildman–Crippen MR) is 162 cm³/mol. The molecule has 8 rings (SSSR count). The molecular weight excluding hydrogens is 531 g/mol. The largest absolute Gasteiger partial charge is 0.508 e. The van der Waals surface area contributed by atoms with Crippen LogP contribution in [0.1, 0.15) is 37.7 Å². The van der Waals surface area contributed by atoms with Crippen molar-refractivity contribution >= 4 is 27.6 Å². The first-order valence-electron chi connectivity index (χ1n) is 15.3. The van der Waals surface area contributed by atoms with Crippen LogP contribution in [-0.2, 0) is 0 Å². The van der Waals surface area contributed by atoms with E-state index in [0.717, 1.165) is 77.8 Å². The normalized spacial score (nSPS) is 25.0. The third-order valence-electron chi connectivity index (χ3n) is 9.72. The number of pyridine rings is 1. The molecule has 1 saturated carbocycles. The van der Waals surface area contributed by atoms with Gasteiger partial charge in [-0.15, -0.1) is 0 Å². The number of rotatable bonds is 7. The van der Waals surface area contributed by atoms with Crippen LogP contribution >= 0.6 is 0 Å². The fraction of sp³-hybridized carbons (Fsp3) is 0.485. The maximum absolute atomic E-state index is 13.8. The number of fused-ring (bicyclic) bond motifs is 4. The average Bonchev–Trinajstić information content (AvgIpc) is 3.50. The summed E-state index contributed by atoms with van der Waals surface area (Å²) in [6.07, 6.45) is 4.43. The van der Waals surface area contributed by atoms with Crippen molar-refractivity contribution in [3.63, 3.8) is 0 Å². The molecule has 0 spiro atoms. The Balaban J connectivity index is 1.17. The van der Waals surface area contributed by atoms with Gasteiger partial charge in [0.2, 0.25) is 0 Å². The molecule has 2 aromatic carbocycles. The van der Waals surface area contributed by atoms with Crippen LogP contribution in [0.5, 0.6) is 11.8 Å². The maximum Gasteiger partial charge on any atom is 0.320 e. The number of hydrogen-bond acceptors (Lipinski definition) is 8. The Morgan fingerprint density at radius 1 is 1.02 bits per heavy atom. The van der Waals surface area contributed by atoms with Gasteiger partial charge in [0.05, 0.1) is 17.7 Å². The molecule has 5 heterocycles. The van der Waals surface area contributed by atoms with Crippen molar-refractivity contribution in [2.45, 2.75) is 57.3 Å². The molecule has 2 unspecified atom stereocenters. The van der Waals surface area contributed by atoms with Gasteiger partial charge in [0, 0.05) is 55.8 Å². The average molecular weight is 569 g/mol. The second kappa shape index (κ2) is 10.0. The summed E-state index contributed by atoms with van der Waals surface area (Å²) in [5.74, 6) is 1.08. The highest BCUT2D eigenvalue weighted by Crippen LogP contribution is 2.47. The molecule has 3 atom stereocenters. The number of alkyl halides is 1. The van der Waals surface area contributed by atoms with Gasteiger partial charge in [-0.1, -0.05) is 18.2 Å². The summed E-state index contributed by atoms with van der Waals surface area (Å²) in [6.45, 7) is 6.60. The van der Waals surface area contributed by atoms with E-state index in [4.69, 9.17) is 19.7 Å². The van der Waals surface area contributed by atoms with Gasteiger partial charge >= 0.3 is 6.01 Å². The van der Waals surface area contributed by atoms with Crippen LogP contribution in [-0.4, -0.2) is 82.5 Å². The molecule has 42 heavy (non-hydrogen) atoms. The van der Waals surface area contributed by atoms with E-state index >= 15 is 0 Å². The lowest BCUT2D eigenvalue weighted by molar-refractivity contribution is 0.165. The Labute approximate surface area is 244 Å². The minimum absolute atomic E-state index is 0.0456. The molecule has 3 saturated heterocycles. The summed E-state index contributed by atoms with van der Waals surface area (Å²) in [7, 11) is 0. The summed E-state index contributed by atoms with van der Waals surface area (Å²) in [5, 5.41) is 17.2. The summed E-state index contributed by atoms with van der Waals surface area (Å²) >= 11 is 0. The van der Waals surface area contributed by atoms with Crippen LogP contribution in [0.2, 0.25) is 0 Å². The number of phenolic OH excluding ortho intramolecular Hbond substituents is 1. The zero-order valence-electron chi connectivity index (χ0n) is 24.0. The van der Waals surface area contributed by atoms with Crippen molar-refractivity contribution in [1.29, 1.82) is 0 Å². The third-order valence-corrected chi connectivity index (χ3v) is 9.72. The van der Waals surface area contributed by atoms with Gasteiger partial charge in [0.25, 0.3) is 0 Å². The Morgan fingerprint density at radius 2 is 1.86 bits per heavy atom. The fourth-order valence-corrected chi connectivity index (χ4v) is 7.35. The van der Waals surface area contributed by atoms with Crippen molar-refractivity contribution in [2.24, 2.45) is 5.41 Å². The number of aromatic hydroxyl groups is 1. The standard InChI is InChI=1S/C33H37FN6O2/c1-20-3-2-4-21-13-25(41)14-27(29(20)21)28-8-7-26-30(36-28)37-32(38-31(26)40-16-23-5-6-24(17-40)35-23)42-19-33(10-11-33)18-39-12-9-22(34)15-39/h2-4,7-8,13-14,22-24,35,41H,5-6,9-12,15-19H2,1H3/t22-,23?,24?/m1/s1. The van der Waals surface area contributed by atoms with Crippen LogP contribution in [0.4, 0.5) is 10.2 Å². The molecule has 1 aliphatic carbocycles. The summed E-state index contributed by atoms with van der Waals surface area (Å²) < 4.78 is 20.2. The molecule has 9 heteroatoms. The van der Waals surface area contributed by atoms with E-state index in [-0.39, 0.29) is 11.2 Å². The van der Waals surface area contributed by atoms with Crippen molar-refractivity contribution in [3.8, 4) is 23.0 Å². The molecule has 0 amide bonds. The van der Waals surface area contributed by atoms with Crippen LogP contribution < -0.4 is 15.0 Å². The van der Waals surface area contributed by atoms with E-state index in [1.807, 2.05) is 18.2 Å². The predicted octanol–water partition coefficient (Wildman–Crippen LogP) is 5.00. The summed E-state index contributed by atoms with van der Waals surface area (Å²) in [6, 6.07) is 15.0. The number of halogens is 1. The van der Waals surface area contributed by atoms with E-state index in [2.05, 4.69) is 34.2 Å². The highest BCUT2D eigenvalue weighted by molar-refractivity contribution is 6.00. The van der Waals surface area contributed by atoms with Gasteiger partial charge in [-0.25, -0.2) is 9.37 Å². The maximum atomic E-state index is 13.8. The first kappa shape index (κ1) is 26.1. The van der Waals surface area contributed by atoms with E-state index < -0.39 is 6.17 Å². The van der Waals surface area contributed by atoms with Gasteiger partial charge in [0.15, 0.2) is 5.65 Å². The number of piperazine rings is 1. The Morgan fingerprint density at radius 3 is 2.62 bits per heavy atom. The molecule has 0 radical (unpaired) electrons. The third kappa shape index (κ3) is 4.82. The topological polar surface area (TPSA) is 86.6 Å². The monoisotopic (exact) mass is 568 g/mol. The quantitative estimate of drug-likeness (QED) is 0.322. The number of ether oxygens (including phenoxy) is 1. The van der Waals surface area contributed by atoms with Crippen LogP contribution in [0, 0.1) is 12.3 Å². The van der Waals surface area contributed by atoms with Gasteiger partial charge < -0.3 is 20.1 Å². The summed E-state index contributed by atoms with van der Waals surface area (Å²) in [4.78, 5) is 19.5. The molecule has 4 fully saturated rings. The first-order valence-corrected chi connectivity index (χ1v) is 15.3. The number of phenols is 1. The summed E-state index contributed by atoms with van der Waals surface area (Å²) in [5.41, 5.74) is 3.39. The van der Waals surface area contributed by atoms with E-state index in [1.54, 1.807) is 12.1 Å². The highest BCUT2D eigenvalue weighted by atomic mass is 19.1. The smallest absolute Gasteiger partial charge is 0.320 e. The number of anilines is 1. The molecule has 2 bridgehead atoms. The van der Waals surface area contributed by atoms with Crippen LogP contribution in [0.3, 0.4) is 0 Å². The molecule has 8 nitrogen and oxygen atoms in total. The second-order valence-electron chi connectivity index (χ2n) is 13.0. The number of likely N-dealkylation sites (tertiary alicyclic amines) is 1. The number of benzene rings is 2. The SMILES string of the molecule is Cc1cccc2cc(O)cc(-c3ccc4c(N5CC6CCC(C5)N6)nc(OCC5(CN6CC[C@@H](F)C6)CC5)nc4n3)c12. The molecule has 218 valence electrons. The molecule has 4 aliphatic rings. The minimum atomic E-state index is -0.713. The van der Waals surface area contributed by atoms with E-state index in [9.17, 15) is 9.50 Å². The number of aromatic nitrogens is 3. The van der Waals surface area contributed by atoms with Crippen molar-refractivity contribution in [2.75, 3.05) is 44.2 Å². The number of hydrogen-bond donors (Lipinski definition) is 2. The Kier molecular flexibility index (Phi) is 6.23. The highest BCUT2D eigenvalue weighted by Gasteiger charge is 2.46. The van der Waals surface area contributed by atoms with Gasteiger partial charge in [-0.2, -0.15) is 9.97 Å². The van der Waals surface area contributed by atoms with Crippen molar-refractivity contribution in [3.05, 3.63) is 48.0 Å². The van der Waals surface area contributed by atoms with Crippen LogP contribution in [0.15, 0.2) is 42.5 Å². The Hall–Kier alpha value is -3.56. The molecule has 2 N–H and O–H groups in total. The zero-order valence-corrected chi connectivity index (χ0v) is 24.0. The molecule has 3 aliphatic heterocycles. The van der Waals surface area contributed by atoms with Gasteiger partial charge in [-0.05, 0) is 79.6 Å². The van der Waals surface area contributed by atoms with Gasteiger partial charge in [0.1, 0.15) is 17.7 Å². The molecular formula is C33H37FN6O2. The lowest BCUT2D eigenvalue weighted by Crippen LogP contribution is -2.51. The van der Waals surface area contributed by atoms with E-state index in [1.165, 1.54) is 12.8 Å². The lowest BCUT2D eigenvalue weighted by atomic mass is 9.97. The lowest BCUT2D eigenvalue weighted by Gasteiger charge is -2.34. The first-order chi connectivity index (χ1) is 20.4.